The Kier molecular flexibility index (Phi) is 11.5. The van der Waals surface area contributed by atoms with E-state index in [4.69, 9.17) is 0 Å². The van der Waals surface area contributed by atoms with Crippen molar-refractivity contribution in [1.29, 1.82) is 0 Å². The first-order valence-electron chi connectivity index (χ1n) is 9.00. The normalized spacial score (nSPS) is 11.8. The lowest BCUT2D eigenvalue weighted by Crippen LogP contribution is -2.42. The Bertz CT molecular complexity index is 438. The van der Waals surface area contributed by atoms with Crippen LogP contribution >= 0.6 is 0 Å². The van der Waals surface area contributed by atoms with Crippen molar-refractivity contribution in [2.75, 3.05) is 39.8 Å². The lowest BCUT2D eigenvalue weighted by Gasteiger charge is -2.29. The van der Waals surface area contributed by atoms with E-state index in [1.165, 1.54) is 6.92 Å². The summed E-state index contributed by atoms with van der Waals surface area (Å²) in [5.74, 6) is -0.239. The maximum Gasteiger partial charge on any atom is 0.227 e. The van der Waals surface area contributed by atoms with Gasteiger partial charge < -0.3 is 10.5 Å². The highest BCUT2D eigenvalue weighted by molar-refractivity contribution is 5.96. The van der Waals surface area contributed by atoms with E-state index in [2.05, 4.69) is 5.32 Å². The standard InChI is InChI=1S/C18H35N3O4/c1-6-21(25)14-18(3,4)16(23)13-20(5)11-9-7-8-10-19-17(24)12-15(2)22/h25H,6-14H2,1-5H3,(H,19,24). The summed E-state index contributed by atoms with van der Waals surface area (Å²) in [6.45, 7) is 9.52. The summed E-state index contributed by atoms with van der Waals surface area (Å²) >= 11 is 0. The molecular formula is C18H35N3O4. The third kappa shape index (κ3) is 11.8. The zero-order valence-electron chi connectivity index (χ0n) is 16.4. The molecule has 0 aromatic heterocycles. The van der Waals surface area contributed by atoms with Gasteiger partial charge in [-0.2, -0.15) is 5.06 Å². The molecule has 0 aliphatic carbocycles. The van der Waals surface area contributed by atoms with Gasteiger partial charge in [0.1, 0.15) is 5.78 Å². The molecule has 1 amide bonds. The fourth-order valence-corrected chi connectivity index (χ4v) is 2.39. The number of hydroxylamine groups is 2. The third-order valence-corrected chi connectivity index (χ3v) is 4.06. The summed E-state index contributed by atoms with van der Waals surface area (Å²) in [6, 6.07) is 0. The molecule has 0 aromatic rings. The number of likely N-dealkylation sites (N-methyl/N-ethyl adjacent to an activating group) is 1. The van der Waals surface area contributed by atoms with Crippen LogP contribution in [0.1, 0.15) is 53.4 Å². The van der Waals surface area contributed by atoms with E-state index in [1.54, 1.807) is 0 Å². The van der Waals surface area contributed by atoms with Gasteiger partial charge in [0.05, 0.1) is 13.0 Å². The molecule has 0 aromatic carbocycles. The van der Waals surface area contributed by atoms with E-state index < -0.39 is 5.41 Å². The highest BCUT2D eigenvalue weighted by Gasteiger charge is 2.29. The van der Waals surface area contributed by atoms with Crippen LogP contribution in [-0.2, 0) is 14.4 Å². The number of amides is 1. The number of carbonyl (C=O) groups excluding carboxylic acids is 3. The monoisotopic (exact) mass is 357 g/mol. The van der Waals surface area contributed by atoms with Crippen LogP contribution in [0, 0.1) is 5.41 Å². The molecule has 25 heavy (non-hydrogen) atoms. The van der Waals surface area contributed by atoms with Crippen molar-refractivity contribution in [1.82, 2.24) is 15.3 Å². The lowest BCUT2D eigenvalue weighted by atomic mass is 9.87. The maximum absolute atomic E-state index is 12.4. The van der Waals surface area contributed by atoms with Gasteiger partial charge in [0.15, 0.2) is 5.78 Å². The molecule has 0 rings (SSSR count). The van der Waals surface area contributed by atoms with Gasteiger partial charge >= 0.3 is 0 Å². The number of carbonyl (C=O) groups is 3. The first-order chi connectivity index (χ1) is 11.6. The molecule has 7 heteroatoms. The summed E-state index contributed by atoms with van der Waals surface area (Å²) in [7, 11) is 1.92. The molecule has 0 aliphatic heterocycles. The van der Waals surface area contributed by atoms with Crippen molar-refractivity contribution in [2.45, 2.75) is 53.4 Å². The van der Waals surface area contributed by atoms with Crippen molar-refractivity contribution in [3.05, 3.63) is 0 Å². The topological polar surface area (TPSA) is 89.9 Å². The first kappa shape index (κ1) is 23.7. The molecular weight excluding hydrogens is 322 g/mol. The average molecular weight is 357 g/mol. The molecule has 0 unspecified atom stereocenters. The Labute approximate surface area is 151 Å². The fourth-order valence-electron chi connectivity index (χ4n) is 2.39. The van der Waals surface area contributed by atoms with Crippen LogP contribution in [0.5, 0.6) is 0 Å². The van der Waals surface area contributed by atoms with Gasteiger partial charge in [-0.05, 0) is 33.4 Å². The van der Waals surface area contributed by atoms with Crippen LogP contribution in [0.25, 0.3) is 0 Å². The van der Waals surface area contributed by atoms with Gasteiger partial charge in [0, 0.05) is 25.0 Å². The fraction of sp³-hybridized carbons (Fsp3) is 0.833. The van der Waals surface area contributed by atoms with Crippen LogP contribution in [0.3, 0.4) is 0 Å². The maximum atomic E-state index is 12.4. The molecule has 0 atom stereocenters. The second-order valence-corrected chi connectivity index (χ2v) is 7.32. The van der Waals surface area contributed by atoms with Crippen LogP contribution in [0.15, 0.2) is 0 Å². The van der Waals surface area contributed by atoms with Gasteiger partial charge in [-0.15, -0.1) is 0 Å². The summed E-state index contributed by atoms with van der Waals surface area (Å²) in [4.78, 5) is 36.5. The van der Waals surface area contributed by atoms with Gasteiger partial charge in [0.2, 0.25) is 5.91 Å². The van der Waals surface area contributed by atoms with Crippen molar-refractivity contribution in [3.63, 3.8) is 0 Å². The SMILES string of the molecule is CCN(O)CC(C)(C)C(=O)CN(C)CCCCCNC(=O)CC(C)=O. The number of unbranched alkanes of at least 4 members (excludes halogenated alkanes) is 2. The highest BCUT2D eigenvalue weighted by atomic mass is 16.5. The number of rotatable bonds is 14. The second kappa shape index (κ2) is 12.1. The lowest BCUT2D eigenvalue weighted by molar-refractivity contribution is -0.141. The van der Waals surface area contributed by atoms with E-state index in [9.17, 15) is 19.6 Å². The Hall–Kier alpha value is -1.31. The van der Waals surface area contributed by atoms with E-state index >= 15 is 0 Å². The molecule has 0 saturated heterocycles. The molecule has 146 valence electrons. The van der Waals surface area contributed by atoms with Crippen molar-refractivity contribution < 1.29 is 19.6 Å². The minimum Gasteiger partial charge on any atom is -0.356 e. The molecule has 2 N–H and O–H groups in total. The van der Waals surface area contributed by atoms with Crippen LogP contribution in [0.4, 0.5) is 0 Å². The molecule has 0 radical (unpaired) electrons. The van der Waals surface area contributed by atoms with Crippen LogP contribution in [0.2, 0.25) is 0 Å². The summed E-state index contributed by atoms with van der Waals surface area (Å²) in [5.41, 5.74) is -0.583. The van der Waals surface area contributed by atoms with Crippen molar-refractivity contribution in [3.8, 4) is 0 Å². The Morgan fingerprint density at radius 3 is 2.32 bits per heavy atom. The van der Waals surface area contributed by atoms with Crippen molar-refractivity contribution >= 4 is 17.5 Å². The number of nitrogens with zero attached hydrogens (tertiary/aromatic N) is 2. The molecule has 0 aliphatic rings. The molecule has 0 saturated carbocycles. The number of Topliss-reactive ketones (excluding diaryl/α,β-unsaturated/α-hetero) is 2. The van der Waals surface area contributed by atoms with Crippen LogP contribution < -0.4 is 5.32 Å². The summed E-state index contributed by atoms with van der Waals surface area (Å²) < 4.78 is 0. The van der Waals surface area contributed by atoms with E-state index in [-0.39, 0.29) is 23.9 Å². The van der Waals surface area contributed by atoms with Gasteiger partial charge in [-0.3, -0.25) is 19.3 Å². The Morgan fingerprint density at radius 2 is 1.76 bits per heavy atom. The van der Waals surface area contributed by atoms with Crippen LogP contribution in [-0.4, -0.2) is 72.4 Å². The van der Waals surface area contributed by atoms with Gasteiger partial charge in [0.25, 0.3) is 0 Å². The smallest absolute Gasteiger partial charge is 0.227 e. The minimum atomic E-state index is -0.583. The largest absolute Gasteiger partial charge is 0.356 e. The second-order valence-electron chi connectivity index (χ2n) is 7.32. The molecule has 7 nitrogen and oxygen atoms in total. The van der Waals surface area contributed by atoms with Gasteiger partial charge in [-0.25, -0.2) is 0 Å². The zero-order valence-corrected chi connectivity index (χ0v) is 16.4. The molecule has 0 fully saturated rings. The number of ketones is 2. The predicted octanol–water partition coefficient (Wildman–Crippen LogP) is 1.49. The predicted molar refractivity (Wildman–Crippen MR) is 97.5 cm³/mol. The Balaban J connectivity index is 3.89. The Morgan fingerprint density at radius 1 is 1.12 bits per heavy atom. The minimum absolute atomic E-state index is 0.0517. The summed E-state index contributed by atoms with van der Waals surface area (Å²) in [5, 5.41) is 13.5. The molecule has 0 bridgehead atoms. The van der Waals surface area contributed by atoms with E-state index in [0.29, 0.717) is 26.2 Å². The first-order valence-corrected chi connectivity index (χ1v) is 9.00. The van der Waals surface area contributed by atoms with E-state index in [1.807, 2.05) is 32.7 Å². The zero-order chi connectivity index (χ0) is 19.5. The number of nitrogens with one attached hydrogen (secondary N) is 1. The third-order valence-electron chi connectivity index (χ3n) is 4.06. The van der Waals surface area contributed by atoms with Gasteiger partial charge in [-0.1, -0.05) is 27.2 Å². The molecule has 0 heterocycles. The quantitative estimate of drug-likeness (QED) is 0.278. The average Bonchev–Trinajstić information content (AvgIpc) is 2.49. The van der Waals surface area contributed by atoms with Crippen molar-refractivity contribution in [2.24, 2.45) is 5.41 Å². The molecule has 0 spiro atoms. The number of hydrogen-bond donors (Lipinski definition) is 2. The van der Waals surface area contributed by atoms with E-state index in [0.717, 1.165) is 30.9 Å². The number of hydrogen-bond acceptors (Lipinski definition) is 6. The summed E-state index contributed by atoms with van der Waals surface area (Å²) in [6.07, 6.45) is 2.69. The highest BCUT2D eigenvalue weighted by Crippen LogP contribution is 2.18.